The molecule has 3 rings (SSSR count). The van der Waals surface area contributed by atoms with Crippen LogP contribution in [0.1, 0.15) is 25.7 Å². The Kier molecular flexibility index (Phi) is 1.04. The van der Waals surface area contributed by atoms with Crippen molar-refractivity contribution < 1.29 is 0 Å². The second-order valence-electron chi connectivity index (χ2n) is 3.79. The molecule has 3 unspecified atom stereocenters. The van der Waals surface area contributed by atoms with Crippen LogP contribution >= 0.6 is 11.8 Å². The lowest BCUT2D eigenvalue weighted by Crippen LogP contribution is -2.37. The first kappa shape index (κ1) is 5.70. The SMILES string of the molecule is C1=C2CC3CCCC(S1)C23. The third kappa shape index (κ3) is 0.554. The van der Waals surface area contributed by atoms with E-state index in [1.807, 2.05) is 0 Å². The quantitative estimate of drug-likeness (QED) is 0.514. The molecule has 3 aliphatic rings. The molecule has 0 aromatic rings. The Labute approximate surface area is 66.1 Å². The molecule has 0 radical (unpaired) electrons. The van der Waals surface area contributed by atoms with Crippen molar-refractivity contribution in [3.8, 4) is 0 Å². The molecule has 1 heterocycles. The smallest absolute Gasteiger partial charge is 0.0157 e. The summed E-state index contributed by atoms with van der Waals surface area (Å²) < 4.78 is 0. The molecule has 0 aromatic heterocycles. The third-order valence-corrected chi connectivity index (χ3v) is 4.61. The van der Waals surface area contributed by atoms with Gasteiger partial charge in [0.05, 0.1) is 0 Å². The van der Waals surface area contributed by atoms with Crippen molar-refractivity contribution in [2.24, 2.45) is 11.8 Å². The van der Waals surface area contributed by atoms with Crippen molar-refractivity contribution >= 4 is 11.8 Å². The number of rotatable bonds is 0. The molecule has 3 atom stereocenters. The molecule has 2 fully saturated rings. The van der Waals surface area contributed by atoms with E-state index < -0.39 is 0 Å². The molecule has 0 N–H and O–H groups in total. The summed E-state index contributed by atoms with van der Waals surface area (Å²) in [6.07, 6.45) is 5.97. The molecule has 2 aliphatic carbocycles. The zero-order valence-corrected chi connectivity index (χ0v) is 6.86. The van der Waals surface area contributed by atoms with Gasteiger partial charge in [0.2, 0.25) is 0 Å². The zero-order chi connectivity index (χ0) is 6.55. The molecular formula is C9H12S. The molecule has 2 saturated carbocycles. The van der Waals surface area contributed by atoms with Crippen LogP contribution in [-0.2, 0) is 0 Å². The van der Waals surface area contributed by atoms with Crippen molar-refractivity contribution in [1.82, 2.24) is 0 Å². The highest BCUT2D eigenvalue weighted by atomic mass is 32.2. The van der Waals surface area contributed by atoms with E-state index in [1.165, 1.54) is 25.7 Å². The summed E-state index contributed by atoms with van der Waals surface area (Å²) in [6.45, 7) is 0. The van der Waals surface area contributed by atoms with Crippen LogP contribution in [0.2, 0.25) is 0 Å². The van der Waals surface area contributed by atoms with Crippen molar-refractivity contribution in [3.05, 3.63) is 11.0 Å². The van der Waals surface area contributed by atoms with Crippen LogP contribution in [0, 0.1) is 11.8 Å². The van der Waals surface area contributed by atoms with E-state index in [-0.39, 0.29) is 0 Å². The van der Waals surface area contributed by atoms with Gasteiger partial charge in [0.1, 0.15) is 0 Å². The second kappa shape index (κ2) is 1.82. The van der Waals surface area contributed by atoms with Crippen LogP contribution in [0.5, 0.6) is 0 Å². The highest BCUT2D eigenvalue weighted by Crippen LogP contribution is 2.57. The number of hydrogen-bond donors (Lipinski definition) is 0. The first-order chi connectivity index (χ1) is 4.95. The van der Waals surface area contributed by atoms with Crippen LogP contribution in [0.15, 0.2) is 11.0 Å². The predicted octanol–water partition coefficient (Wildman–Crippen LogP) is 2.81. The number of hydrogen-bond acceptors (Lipinski definition) is 1. The first-order valence-corrected chi connectivity index (χ1v) is 5.24. The second-order valence-corrected chi connectivity index (χ2v) is 4.90. The van der Waals surface area contributed by atoms with E-state index in [9.17, 15) is 0 Å². The summed E-state index contributed by atoms with van der Waals surface area (Å²) in [5, 5.41) is 3.46. The van der Waals surface area contributed by atoms with Gasteiger partial charge in [0.25, 0.3) is 0 Å². The average molecular weight is 152 g/mol. The van der Waals surface area contributed by atoms with Gasteiger partial charge in [-0.25, -0.2) is 0 Å². The summed E-state index contributed by atoms with van der Waals surface area (Å²) in [5.41, 5.74) is 1.79. The minimum absolute atomic E-state index is 1.02. The van der Waals surface area contributed by atoms with Crippen LogP contribution in [-0.4, -0.2) is 5.25 Å². The zero-order valence-electron chi connectivity index (χ0n) is 6.05. The highest BCUT2D eigenvalue weighted by Gasteiger charge is 2.46. The molecule has 0 nitrogen and oxygen atoms in total. The topological polar surface area (TPSA) is 0 Å². The molecule has 0 spiro atoms. The minimum atomic E-state index is 1.02. The van der Waals surface area contributed by atoms with Gasteiger partial charge < -0.3 is 0 Å². The molecule has 0 amide bonds. The molecule has 1 heteroatoms. The Morgan fingerprint density at radius 3 is 3.30 bits per heavy atom. The molecule has 0 saturated heterocycles. The third-order valence-electron chi connectivity index (χ3n) is 3.29. The maximum absolute atomic E-state index is 2.44. The van der Waals surface area contributed by atoms with Crippen LogP contribution in [0.3, 0.4) is 0 Å². The van der Waals surface area contributed by atoms with Crippen molar-refractivity contribution in [2.75, 3.05) is 0 Å². The summed E-state index contributed by atoms with van der Waals surface area (Å²) in [5.74, 6) is 2.17. The summed E-state index contributed by atoms with van der Waals surface area (Å²) >= 11 is 2.11. The maximum Gasteiger partial charge on any atom is 0.0157 e. The summed E-state index contributed by atoms with van der Waals surface area (Å²) in [7, 11) is 0. The maximum atomic E-state index is 2.44. The van der Waals surface area contributed by atoms with Crippen molar-refractivity contribution in [3.63, 3.8) is 0 Å². The monoisotopic (exact) mass is 152 g/mol. The lowest BCUT2D eigenvalue weighted by atomic mass is 9.63. The Balaban J connectivity index is 1.92. The molecular weight excluding hydrogens is 140 g/mol. The Bertz CT molecular complexity index is 195. The van der Waals surface area contributed by atoms with E-state index in [2.05, 4.69) is 17.2 Å². The number of allylic oxidation sites excluding steroid dienone is 1. The predicted molar refractivity (Wildman–Crippen MR) is 44.9 cm³/mol. The molecule has 1 aliphatic heterocycles. The lowest BCUT2D eigenvalue weighted by molar-refractivity contribution is 0.207. The number of thioether (sulfide) groups is 1. The van der Waals surface area contributed by atoms with Crippen LogP contribution in [0.4, 0.5) is 0 Å². The standard InChI is InChI=1S/C9H12S/c1-2-6-4-7-5-10-8(3-1)9(6)7/h5-6,8-9H,1-4H2. The highest BCUT2D eigenvalue weighted by molar-refractivity contribution is 8.03. The van der Waals surface area contributed by atoms with E-state index in [1.54, 1.807) is 5.57 Å². The Morgan fingerprint density at radius 1 is 1.40 bits per heavy atom. The van der Waals surface area contributed by atoms with E-state index in [0.717, 1.165) is 17.1 Å². The fourth-order valence-electron chi connectivity index (χ4n) is 2.75. The van der Waals surface area contributed by atoms with Crippen molar-refractivity contribution in [2.45, 2.75) is 30.9 Å². The average Bonchev–Trinajstić information content (AvgIpc) is 2.25. The van der Waals surface area contributed by atoms with Gasteiger partial charge >= 0.3 is 0 Å². The van der Waals surface area contributed by atoms with E-state index in [4.69, 9.17) is 0 Å². The molecule has 0 aromatic carbocycles. The first-order valence-electron chi connectivity index (χ1n) is 4.29. The van der Waals surface area contributed by atoms with Gasteiger partial charge in [-0.15, -0.1) is 11.8 Å². The van der Waals surface area contributed by atoms with E-state index >= 15 is 0 Å². The fourth-order valence-corrected chi connectivity index (χ4v) is 4.22. The fraction of sp³-hybridized carbons (Fsp3) is 0.778. The molecule has 10 heavy (non-hydrogen) atoms. The summed E-state index contributed by atoms with van der Waals surface area (Å²) in [4.78, 5) is 0. The van der Waals surface area contributed by atoms with Gasteiger partial charge in [-0.1, -0.05) is 12.0 Å². The lowest BCUT2D eigenvalue weighted by Gasteiger charge is -2.43. The normalized spacial score (nSPS) is 49.6. The van der Waals surface area contributed by atoms with Gasteiger partial charge in [0.15, 0.2) is 0 Å². The van der Waals surface area contributed by atoms with Gasteiger partial charge in [-0.05, 0) is 36.5 Å². The van der Waals surface area contributed by atoms with Crippen LogP contribution in [0.25, 0.3) is 0 Å². The molecule has 54 valence electrons. The van der Waals surface area contributed by atoms with Gasteiger partial charge in [-0.2, -0.15) is 0 Å². The summed E-state index contributed by atoms with van der Waals surface area (Å²) in [6, 6.07) is 0. The molecule has 0 bridgehead atoms. The Hall–Kier alpha value is 0.0900. The van der Waals surface area contributed by atoms with Crippen molar-refractivity contribution in [1.29, 1.82) is 0 Å². The van der Waals surface area contributed by atoms with E-state index in [0.29, 0.717) is 0 Å². The van der Waals surface area contributed by atoms with Crippen LogP contribution < -0.4 is 0 Å². The van der Waals surface area contributed by atoms with Gasteiger partial charge in [0, 0.05) is 5.25 Å². The Morgan fingerprint density at radius 2 is 2.40 bits per heavy atom. The van der Waals surface area contributed by atoms with Gasteiger partial charge in [-0.3, -0.25) is 0 Å². The largest absolute Gasteiger partial charge is 0.130 e. The minimum Gasteiger partial charge on any atom is -0.130 e.